The van der Waals surface area contributed by atoms with Gasteiger partial charge in [-0.1, -0.05) is 30.3 Å². The summed E-state index contributed by atoms with van der Waals surface area (Å²) in [6.07, 6.45) is 4.11. The molecule has 0 fully saturated rings. The van der Waals surface area contributed by atoms with E-state index in [2.05, 4.69) is 22.1 Å². The molecule has 1 heterocycles. The van der Waals surface area contributed by atoms with Crippen LogP contribution in [0.5, 0.6) is 0 Å². The Balaban J connectivity index is 1.92. The van der Waals surface area contributed by atoms with Crippen molar-refractivity contribution >= 4 is 24.7 Å². The molecule has 2 aromatic rings. The smallest absolute Gasteiger partial charge is 0.386 e. The number of aryl methyl sites for hydroxylation is 1. The SMILES string of the molecule is O=C(CCc1ccccc1)Cn1ccnc1C(=O)OS. The number of imidazole rings is 1. The van der Waals surface area contributed by atoms with Crippen molar-refractivity contribution in [3.63, 3.8) is 0 Å². The number of thiol groups is 1. The van der Waals surface area contributed by atoms with Crippen molar-refractivity contribution in [3.05, 3.63) is 54.1 Å². The maximum atomic E-state index is 11.9. The molecular formula is C14H14N2O3S. The minimum absolute atomic E-state index is 0.0278. The van der Waals surface area contributed by atoms with Crippen molar-refractivity contribution in [2.45, 2.75) is 19.4 Å². The Morgan fingerprint density at radius 1 is 1.25 bits per heavy atom. The van der Waals surface area contributed by atoms with E-state index in [1.165, 1.54) is 10.8 Å². The van der Waals surface area contributed by atoms with E-state index < -0.39 is 5.97 Å². The lowest BCUT2D eigenvalue weighted by molar-refractivity contribution is -0.119. The standard InChI is InChI=1S/C14H14N2O3S/c17-12(7-6-11-4-2-1-3-5-11)10-16-9-8-15-13(16)14(18)19-20/h1-5,8-9,20H,6-7,10H2. The number of nitrogens with zero attached hydrogens (tertiary/aromatic N) is 2. The molecule has 0 spiro atoms. The molecule has 0 saturated heterocycles. The Morgan fingerprint density at radius 3 is 2.70 bits per heavy atom. The third-order valence-corrected chi connectivity index (χ3v) is 3.03. The Bertz CT molecular complexity index is 595. The fraction of sp³-hybridized carbons (Fsp3) is 0.214. The van der Waals surface area contributed by atoms with Gasteiger partial charge in [0, 0.05) is 31.7 Å². The van der Waals surface area contributed by atoms with E-state index >= 15 is 0 Å². The number of rotatable bonds is 6. The minimum atomic E-state index is -0.672. The Labute approximate surface area is 122 Å². The summed E-state index contributed by atoms with van der Waals surface area (Å²) >= 11 is 3.44. The van der Waals surface area contributed by atoms with Gasteiger partial charge in [-0.2, -0.15) is 0 Å². The zero-order valence-electron chi connectivity index (χ0n) is 10.7. The van der Waals surface area contributed by atoms with Crippen LogP contribution in [0.4, 0.5) is 0 Å². The molecule has 2 rings (SSSR count). The second-order valence-corrected chi connectivity index (χ2v) is 4.46. The van der Waals surface area contributed by atoms with E-state index in [-0.39, 0.29) is 18.2 Å². The average molecular weight is 290 g/mol. The van der Waals surface area contributed by atoms with Gasteiger partial charge in [0.1, 0.15) is 0 Å². The lowest BCUT2D eigenvalue weighted by atomic mass is 10.1. The van der Waals surface area contributed by atoms with Gasteiger partial charge >= 0.3 is 5.97 Å². The van der Waals surface area contributed by atoms with E-state index in [4.69, 9.17) is 0 Å². The fourth-order valence-electron chi connectivity index (χ4n) is 1.87. The summed E-state index contributed by atoms with van der Waals surface area (Å²) in [4.78, 5) is 27.1. The zero-order chi connectivity index (χ0) is 14.4. The number of ketones is 1. The lowest BCUT2D eigenvalue weighted by Crippen LogP contribution is -2.16. The van der Waals surface area contributed by atoms with Gasteiger partial charge < -0.3 is 8.75 Å². The molecule has 0 amide bonds. The van der Waals surface area contributed by atoms with Crippen LogP contribution in [0.15, 0.2) is 42.7 Å². The van der Waals surface area contributed by atoms with Crippen molar-refractivity contribution in [3.8, 4) is 0 Å². The topological polar surface area (TPSA) is 61.2 Å². The van der Waals surface area contributed by atoms with Gasteiger partial charge in [-0.05, 0) is 12.0 Å². The van der Waals surface area contributed by atoms with E-state index in [0.29, 0.717) is 12.8 Å². The van der Waals surface area contributed by atoms with Gasteiger partial charge in [0.2, 0.25) is 5.82 Å². The number of aromatic nitrogens is 2. The number of hydrogen-bond donors (Lipinski definition) is 1. The molecule has 5 nitrogen and oxygen atoms in total. The molecule has 1 aromatic carbocycles. The summed E-state index contributed by atoms with van der Waals surface area (Å²) in [7, 11) is 0. The van der Waals surface area contributed by atoms with Gasteiger partial charge in [-0.25, -0.2) is 9.78 Å². The molecule has 0 aliphatic rings. The second-order valence-electron chi connectivity index (χ2n) is 4.28. The number of hydrogen-bond acceptors (Lipinski definition) is 5. The van der Waals surface area contributed by atoms with E-state index in [1.807, 2.05) is 30.3 Å². The van der Waals surface area contributed by atoms with Crippen molar-refractivity contribution < 1.29 is 13.8 Å². The first kappa shape index (κ1) is 14.3. The molecular weight excluding hydrogens is 276 g/mol. The minimum Gasteiger partial charge on any atom is -0.389 e. The average Bonchev–Trinajstić information content (AvgIpc) is 2.93. The van der Waals surface area contributed by atoms with Crippen LogP contribution in [-0.2, 0) is 21.9 Å². The second kappa shape index (κ2) is 6.91. The summed E-state index contributed by atoms with van der Waals surface area (Å²) in [6, 6.07) is 9.78. The van der Waals surface area contributed by atoms with Crippen molar-refractivity contribution in [2.75, 3.05) is 0 Å². The zero-order valence-corrected chi connectivity index (χ0v) is 11.6. The lowest BCUT2D eigenvalue weighted by Gasteiger charge is -2.05. The van der Waals surface area contributed by atoms with E-state index in [1.54, 1.807) is 6.20 Å². The maximum Gasteiger partial charge on any atom is 0.386 e. The summed E-state index contributed by atoms with van der Waals surface area (Å²) in [6.45, 7) is 0.102. The molecule has 0 bridgehead atoms. The van der Waals surface area contributed by atoms with Crippen LogP contribution in [-0.4, -0.2) is 21.3 Å². The predicted molar refractivity (Wildman–Crippen MR) is 76.4 cm³/mol. The number of carbonyl (C=O) groups is 2. The first-order chi connectivity index (χ1) is 9.70. The Kier molecular flexibility index (Phi) is 4.95. The molecule has 0 aliphatic carbocycles. The van der Waals surface area contributed by atoms with Gasteiger partial charge in [0.05, 0.1) is 6.54 Å². The molecule has 0 atom stereocenters. The molecule has 0 aliphatic heterocycles. The normalized spacial score (nSPS) is 10.2. The summed E-state index contributed by atoms with van der Waals surface area (Å²) in [5.74, 6) is -0.567. The molecule has 0 saturated carbocycles. The van der Waals surface area contributed by atoms with Crippen LogP contribution in [0.25, 0.3) is 0 Å². The molecule has 0 radical (unpaired) electrons. The summed E-state index contributed by atoms with van der Waals surface area (Å²) < 4.78 is 5.77. The van der Waals surface area contributed by atoms with Gasteiger partial charge in [-0.15, -0.1) is 0 Å². The highest BCUT2D eigenvalue weighted by atomic mass is 32.1. The fourth-order valence-corrected chi connectivity index (χ4v) is 1.95. The summed E-state index contributed by atoms with van der Waals surface area (Å²) in [5.41, 5.74) is 1.11. The molecule has 0 unspecified atom stereocenters. The molecule has 20 heavy (non-hydrogen) atoms. The van der Waals surface area contributed by atoms with Crippen LogP contribution < -0.4 is 0 Å². The molecule has 1 aromatic heterocycles. The maximum absolute atomic E-state index is 11.9. The molecule has 104 valence electrons. The van der Waals surface area contributed by atoms with Gasteiger partial charge in [-0.3, -0.25) is 4.79 Å². The molecule has 6 heteroatoms. The number of carbonyl (C=O) groups excluding carboxylic acids is 2. The first-order valence-corrected chi connectivity index (χ1v) is 6.49. The predicted octanol–water partition coefficient (Wildman–Crippen LogP) is 2.09. The monoisotopic (exact) mass is 290 g/mol. The third-order valence-electron chi connectivity index (χ3n) is 2.86. The van der Waals surface area contributed by atoms with Crippen LogP contribution in [0.3, 0.4) is 0 Å². The Morgan fingerprint density at radius 2 is 2.00 bits per heavy atom. The van der Waals surface area contributed by atoms with Crippen LogP contribution in [0.2, 0.25) is 0 Å². The first-order valence-electron chi connectivity index (χ1n) is 6.13. The summed E-state index contributed by atoms with van der Waals surface area (Å²) in [5, 5.41) is 0. The van der Waals surface area contributed by atoms with Crippen molar-refractivity contribution in [1.29, 1.82) is 0 Å². The van der Waals surface area contributed by atoms with Crippen LogP contribution in [0.1, 0.15) is 22.6 Å². The highest BCUT2D eigenvalue weighted by Gasteiger charge is 2.15. The van der Waals surface area contributed by atoms with Crippen molar-refractivity contribution in [2.24, 2.45) is 0 Å². The van der Waals surface area contributed by atoms with Gasteiger partial charge in [0.15, 0.2) is 5.78 Å². The highest BCUT2D eigenvalue weighted by molar-refractivity contribution is 7.75. The highest BCUT2D eigenvalue weighted by Crippen LogP contribution is 2.06. The largest absolute Gasteiger partial charge is 0.389 e. The number of Topliss-reactive ketones (excluding diaryl/α,β-unsaturated/α-hetero) is 1. The quantitative estimate of drug-likeness (QED) is 0.653. The third kappa shape index (κ3) is 3.71. The van der Waals surface area contributed by atoms with Gasteiger partial charge in [0.25, 0.3) is 0 Å². The molecule has 0 N–H and O–H groups in total. The van der Waals surface area contributed by atoms with E-state index in [0.717, 1.165) is 5.56 Å². The number of benzene rings is 1. The van der Waals surface area contributed by atoms with E-state index in [9.17, 15) is 9.59 Å². The van der Waals surface area contributed by atoms with Crippen LogP contribution in [0, 0.1) is 0 Å². The van der Waals surface area contributed by atoms with Crippen LogP contribution >= 0.6 is 12.9 Å². The Hall–Kier alpha value is -2.08. The van der Waals surface area contributed by atoms with Crippen molar-refractivity contribution in [1.82, 2.24) is 9.55 Å².